The summed E-state index contributed by atoms with van der Waals surface area (Å²) in [5.74, 6) is 0.354. The molecule has 0 saturated carbocycles. The van der Waals surface area contributed by atoms with E-state index in [1.165, 1.54) is 5.69 Å². The average molecular weight is 293 g/mol. The van der Waals surface area contributed by atoms with Gasteiger partial charge in [0.1, 0.15) is 5.75 Å². The van der Waals surface area contributed by atoms with Gasteiger partial charge in [-0.15, -0.1) is 0 Å². The van der Waals surface area contributed by atoms with Gasteiger partial charge in [-0.25, -0.2) is 4.79 Å². The van der Waals surface area contributed by atoms with Gasteiger partial charge in [0.25, 0.3) is 0 Å². The highest BCUT2D eigenvalue weighted by Crippen LogP contribution is 2.35. The minimum atomic E-state index is -0.283. The molecule has 1 aliphatic heterocycles. The second kappa shape index (κ2) is 6.06. The fraction of sp³-hybridized carbons (Fsp3) is 0.211. The Kier molecular flexibility index (Phi) is 3.96. The Balaban J connectivity index is 1.91. The van der Waals surface area contributed by atoms with Crippen molar-refractivity contribution in [3.05, 3.63) is 59.7 Å². The van der Waals surface area contributed by atoms with E-state index in [9.17, 15) is 4.79 Å². The first kappa shape index (κ1) is 14.4. The second-order valence-corrected chi connectivity index (χ2v) is 5.21. The normalized spacial score (nSPS) is 14.8. The van der Waals surface area contributed by atoms with Gasteiger partial charge in [-0.05, 0) is 43.7 Å². The van der Waals surface area contributed by atoms with Crippen LogP contribution >= 0.6 is 0 Å². The summed E-state index contributed by atoms with van der Waals surface area (Å²) in [6, 6.07) is 15.8. The zero-order valence-corrected chi connectivity index (χ0v) is 12.9. The Morgan fingerprint density at radius 1 is 1.00 bits per heavy atom. The highest BCUT2D eigenvalue weighted by molar-refractivity contribution is 6.25. The number of hydrogen-bond acceptors (Lipinski definition) is 3. The summed E-state index contributed by atoms with van der Waals surface area (Å²) in [6.45, 7) is 6.25. The van der Waals surface area contributed by atoms with Crippen molar-refractivity contribution in [3.63, 3.8) is 0 Å². The van der Waals surface area contributed by atoms with Gasteiger partial charge in [0, 0.05) is 24.3 Å². The molecule has 3 nitrogen and oxygen atoms in total. The largest absolute Gasteiger partial charge is 0.422 e. The van der Waals surface area contributed by atoms with Crippen LogP contribution in [0.5, 0.6) is 5.75 Å². The molecule has 0 radical (unpaired) electrons. The highest BCUT2D eigenvalue weighted by Gasteiger charge is 2.25. The van der Waals surface area contributed by atoms with Crippen LogP contribution in [0.25, 0.3) is 11.6 Å². The van der Waals surface area contributed by atoms with Gasteiger partial charge in [-0.3, -0.25) is 0 Å². The Labute approximate surface area is 130 Å². The molecule has 3 rings (SSSR count). The standard InChI is InChI=1S/C19H19NO2/c1-3-20(4-2)15-11-9-14(10-12-15)13-17-16-7-5-6-8-18(16)22-19(17)21/h5-13H,3-4H2,1-2H3/b17-13-. The van der Waals surface area contributed by atoms with E-state index >= 15 is 0 Å². The molecule has 0 saturated heterocycles. The summed E-state index contributed by atoms with van der Waals surface area (Å²) < 4.78 is 5.27. The minimum Gasteiger partial charge on any atom is -0.422 e. The van der Waals surface area contributed by atoms with E-state index in [0.717, 1.165) is 24.2 Å². The van der Waals surface area contributed by atoms with E-state index in [2.05, 4.69) is 30.9 Å². The molecule has 0 bridgehead atoms. The lowest BCUT2D eigenvalue weighted by Gasteiger charge is -2.20. The fourth-order valence-electron chi connectivity index (χ4n) is 2.72. The molecule has 2 aromatic rings. The maximum atomic E-state index is 12.0. The van der Waals surface area contributed by atoms with Crippen molar-refractivity contribution >= 4 is 23.3 Å². The molecular formula is C19H19NO2. The van der Waals surface area contributed by atoms with Crippen molar-refractivity contribution in [3.8, 4) is 5.75 Å². The van der Waals surface area contributed by atoms with Crippen molar-refractivity contribution < 1.29 is 9.53 Å². The predicted molar refractivity (Wildman–Crippen MR) is 90.0 cm³/mol. The number of para-hydroxylation sites is 1. The first-order valence-electron chi connectivity index (χ1n) is 7.61. The first-order valence-corrected chi connectivity index (χ1v) is 7.61. The Morgan fingerprint density at radius 2 is 1.68 bits per heavy atom. The van der Waals surface area contributed by atoms with Gasteiger partial charge in [-0.2, -0.15) is 0 Å². The van der Waals surface area contributed by atoms with Crippen LogP contribution in [0.4, 0.5) is 5.69 Å². The number of rotatable bonds is 4. The third-order valence-corrected chi connectivity index (χ3v) is 3.93. The van der Waals surface area contributed by atoms with Gasteiger partial charge in [0.05, 0.1) is 5.57 Å². The number of benzene rings is 2. The quantitative estimate of drug-likeness (QED) is 0.485. The summed E-state index contributed by atoms with van der Waals surface area (Å²) in [7, 11) is 0. The molecule has 112 valence electrons. The van der Waals surface area contributed by atoms with E-state index in [0.29, 0.717) is 11.3 Å². The molecule has 22 heavy (non-hydrogen) atoms. The van der Waals surface area contributed by atoms with Crippen LogP contribution in [0, 0.1) is 0 Å². The SMILES string of the molecule is CCN(CC)c1ccc(/C=C2\C(=O)Oc3ccccc32)cc1. The van der Waals surface area contributed by atoms with E-state index in [1.54, 1.807) is 0 Å². The van der Waals surface area contributed by atoms with Crippen LogP contribution in [-0.4, -0.2) is 19.1 Å². The van der Waals surface area contributed by atoms with E-state index in [-0.39, 0.29) is 5.97 Å². The van der Waals surface area contributed by atoms with Crippen molar-refractivity contribution in [2.24, 2.45) is 0 Å². The number of anilines is 1. The van der Waals surface area contributed by atoms with E-state index in [4.69, 9.17) is 4.74 Å². The second-order valence-electron chi connectivity index (χ2n) is 5.21. The summed E-state index contributed by atoms with van der Waals surface area (Å²) in [5, 5.41) is 0. The van der Waals surface area contributed by atoms with Gasteiger partial charge < -0.3 is 9.64 Å². The molecule has 3 heteroatoms. The zero-order valence-electron chi connectivity index (χ0n) is 12.9. The molecule has 1 heterocycles. The molecule has 0 N–H and O–H groups in total. The molecule has 2 aromatic carbocycles. The maximum absolute atomic E-state index is 12.0. The molecule has 0 fully saturated rings. The average Bonchev–Trinajstić information content (AvgIpc) is 2.86. The van der Waals surface area contributed by atoms with Gasteiger partial charge in [0.15, 0.2) is 0 Å². The predicted octanol–water partition coefficient (Wildman–Crippen LogP) is 3.99. The van der Waals surface area contributed by atoms with Crippen LogP contribution in [0.2, 0.25) is 0 Å². The summed E-state index contributed by atoms with van der Waals surface area (Å²) >= 11 is 0. The number of ether oxygens (including phenoxy) is 1. The van der Waals surface area contributed by atoms with Crippen LogP contribution in [0.15, 0.2) is 48.5 Å². The molecule has 1 aliphatic rings. The van der Waals surface area contributed by atoms with E-state index in [1.807, 2.05) is 42.5 Å². The minimum absolute atomic E-state index is 0.283. The topological polar surface area (TPSA) is 29.5 Å². The number of carbonyl (C=O) groups excluding carboxylic acids is 1. The van der Waals surface area contributed by atoms with Crippen molar-refractivity contribution in [2.75, 3.05) is 18.0 Å². The Hall–Kier alpha value is -2.55. The number of hydrogen-bond donors (Lipinski definition) is 0. The summed E-state index contributed by atoms with van der Waals surface area (Å²) in [6.07, 6.45) is 1.89. The molecule has 0 spiro atoms. The van der Waals surface area contributed by atoms with Crippen LogP contribution < -0.4 is 9.64 Å². The number of fused-ring (bicyclic) bond motifs is 1. The summed E-state index contributed by atoms with van der Waals surface area (Å²) in [4.78, 5) is 14.3. The lowest BCUT2D eigenvalue weighted by molar-refractivity contribution is -0.126. The fourth-order valence-corrected chi connectivity index (χ4v) is 2.72. The van der Waals surface area contributed by atoms with E-state index < -0.39 is 0 Å². The smallest absolute Gasteiger partial charge is 0.344 e. The lowest BCUT2D eigenvalue weighted by atomic mass is 10.0. The lowest BCUT2D eigenvalue weighted by Crippen LogP contribution is -2.21. The molecule has 0 unspecified atom stereocenters. The molecule has 0 atom stereocenters. The van der Waals surface area contributed by atoms with Crippen LogP contribution in [0.3, 0.4) is 0 Å². The zero-order chi connectivity index (χ0) is 15.5. The molecule has 0 aliphatic carbocycles. The third-order valence-electron chi connectivity index (χ3n) is 3.93. The van der Waals surface area contributed by atoms with Crippen LogP contribution in [-0.2, 0) is 4.79 Å². The first-order chi connectivity index (χ1) is 10.7. The number of esters is 1. The van der Waals surface area contributed by atoms with Crippen molar-refractivity contribution in [1.29, 1.82) is 0 Å². The Bertz CT molecular complexity index is 712. The number of carbonyl (C=O) groups is 1. The number of nitrogens with zero attached hydrogens (tertiary/aromatic N) is 1. The Morgan fingerprint density at radius 3 is 2.36 bits per heavy atom. The maximum Gasteiger partial charge on any atom is 0.344 e. The monoisotopic (exact) mass is 293 g/mol. The van der Waals surface area contributed by atoms with Gasteiger partial charge in [0.2, 0.25) is 0 Å². The molecule has 0 amide bonds. The third kappa shape index (κ3) is 2.62. The molecular weight excluding hydrogens is 274 g/mol. The van der Waals surface area contributed by atoms with Crippen molar-refractivity contribution in [2.45, 2.75) is 13.8 Å². The van der Waals surface area contributed by atoms with Gasteiger partial charge in [-0.1, -0.05) is 30.3 Å². The summed E-state index contributed by atoms with van der Waals surface area (Å²) in [5.41, 5.74) is 3.67. The van der Waals surface area contributed by atoms with Gasteiger partial charge >= 0.3 is 5.97 Å². The van der Waals surface area contributed by atoms with Crippen LogP contribution in [0.1, 0.15) is 25.0 Å². The van der Waals surface area contributed by atoms with Crippen molar-refractivity contribution in [1.82, 2.24) is 0 Å². The molecule has 0 aromatic heterocycles. The highest BCUT2D eigenvalue weighted by atomic mass is 16.5.